The molecule has 1 heterocycles. The molecule has 0 bridgehead atoms. The van der Waals surface area contributed by atoms with Crippen molar-refractivity contribution in [3.05, 3.63) is 29.5 Å². The molecular formula is C11H15NO. The predicted octanol–water partition coefficient (Wildman–Crippen LogP) is 3.44. The second kappa shape index (κ2) is 4.65. The van der Waals surface area contributed by atoms with Crippen molar-refractivity contribution < 1.29 is 4.42 Å². The van der Waals surface area contributed by atoms with Crippen LogP contribution in [0.4, 0.5) is 0 Å². The number of aromatic nitrogens is 1. The number of allylic oxidation sites excluding steroid dienone is 2. The van der Waals surface area contributed by atoms with Crippen LogP contribution < -0.4 is 0 Å². The van der Waals surface area contributed by atoms with E-state index in [2.05, 4.69) is 18.0 Å². The van der Waals surface area contributed by atoms with Gasteiger partial charge in [0.1, 0.15) is 5.69 Å². The summed E-state index contributed by atoms with van der Waals surface area (Å²) in [6.45, 7) is 5.92. The van der Waals surface area contributed by atoms with E-state index in [-0.39, 0.29) is 0 Å². The summed E-state index contributed by atoms with van der Waals surface area (Å²) in [6.07, 6.45) is 8.95. The molecule has 1 rings (SSSR count). The maximum atomic E-state index is 5.42. The summed E-state index contributed by atoms with van der Waals surface area (Å²) in [5.41, 5.74) is 0.907. The minimum atomic E-state index is 0.712. The molecule has 13 heavy (non-hydrogen) atoms. The highest BCUT2D eigenvalue weighted by Gasteiger charge is 2.03. The zero-order valence-corrected chi connectivity index (χ0v) is 8.37. The van der Waals surface area contributed by atoms with E-state index in [0.29, 0.717) is 5.89 Å². The minimum absolute atomic E-state index is 0.712. The second-order valence-electron chi connectivity index (χ2n) is 2.79. The van der Waals surface area contributed by atoms with Gasteiger partial charge in [-0.15, -0.1) is 0 Å². The number of hydrogen-bond acceptors (Lipinski definition) is 2. The summed E-state index contributed by atoms with van der Waals surface area (Å²) in [4.78, 5) is 4.25. The first kappa shape index (κ1) is 9.78. The Morgan fingerprint density at radius 3 is 2.77 bits per heavy atom. The molecule has 0 saturated carbocycles. The van der Waals surface area contributed by atoms with Crippen molar-refractivity contribution in [2.24, 2.45) is 0 Å². The number of rotatable bonds is 3. The van der Waals surface area contributed by atoms with Gasteiger partial charge in [-0.05, 0) is 25.5 Å². The molecule has 0 spiro atoms. The van der Waals surface area contributed by atoms with Gasteiger partial charge in [0.15, 0.2) is 11.7 Å². The highest BCUT2D eigenvalue weighted by Crippen LogP contribution is 2.14. The molecule has 2 nitrogen and oxygen atoms in total. The molecule has 0 aliphatic rings. The van der Waals surface area contributed by atoms with Crippen LogP contribution in [0.3, 0.4) is 0 Å². The van der Waals surface area contributed by atoms with Crippen LogP contribution in [0.1, 0.15) is 37.6 Å². The van der Waals surface area contributed by atoms with Crippen molar-refractivity contribution in [1.29, 1.82) is 0 Å². The molecule has 1 aromatic heterocycles. The topological polar surface area (TPSA) is 26.0 Å². The van der Waals surface area contributed by atoms with E-state index in [0.717, 1.165) is 17.9 Å². The summed E-state index contributed by atoms with van der Waals surface area (Å²) in [7, 11) is 0. The number of nitrogens with zero attached hydrogens (tertiary/aromatic N) is 1. The lowest BCUT2D eigenvalue weighted by Crippen LogP contribution is -1.74. The van der Waals surface area contributed by atoms with E-state index in [4.69, 9.17) is 4.42 Å². The summed E-state index contributed by atoms with van der Waals surface area (Å²) in [5, 5.41) is 0. The van der Waals surface area contributed by atoms with Crippen LogP contribution in [-0.4, -0.2) is 4.98 Å². The monoisotopic (exact) mass is 177 g/mol. The normalized spacial score (nSPS) is 11.9. The van der Waals surface area contributed by atoms with Crippen LogP contribution in [-0.2, 0) is 0 Å². The van der Waals surface area contributed by atoms with Crippen LogP contribution in [0.2, 0.25) is 0 Å². The first-order chi connectivity index (χ1) is 6.27. The Balaban J connectivity index is 2.97. The molecule has 0 aromatic carbocycles. The molecule has 70 valence electrons. The molecule has 0 radical (unpaired) electrons. The summed E-state index contributed by atoms with van der Waals surface area (Å²) in [5.74, 6) is 1.56. The van der Waals surface area contributed by atoms with Crippen molar-refractivity contribution in [3.63, 3.8) is 0 Å². The average molecular weight is 177 g/mol. The smallest absolute Gasteiger partial charge is 0.192 e. The fraction of sp³-hybridized carbons (Fsp3) is 0.364. The van der Waals surface area contributed by atoms with E-state index in [1.807, 2.05) is 32.1 Å². The molecule has 0 fully saturated rings. The quantitative estimate of drug-likeness (QED) is 0.706. The van der Waals surface area contributed by atoms with Gasteiger partial charge in [0.2, 0.25) is 0 Å². The first-order valence-corrected chi connectivity index (χ1v) is 4.54. The molecule has 0 atom stereocenters. The third kappa shape index (κ3) is 2.58. The largest absolute Gasteiger partial charge is 0.441 e. The molecule has 0 unspecified atom stereocenters. The van der Waals surface area contributed by atoms with Gasteiger partial charge in [0.25, 0.3) is 0 Å². The Labute approximate surface area is 79.0 Å². The fourth-order valence-corrected chi connectivity index (χ4v) is 1.08. The molecule has 0 saturated heterocycles. The van der Waals surface area contributed by atoms with Gasteiger partial charge >= 0.3 is 0 Å². The van der Waals surface area contributed by atoms with E-state index < -0.39 is 0 Å². The Hall–Kier alpha value is -1.31. The van der Waals surface area contributed by atoms with Gasteiger partial charge < -0.3 is 4.42 Å². The van der Waals surface area contributed by atoms with Gasteiger partial charge in [-0.3, -0.25) is 0 Å². The maximum Gasteiger partial charge on any atom is 0.192 e. The molecule has 0 N–H and O–H groups in total. The van der Waals surface area contributed by atoms with Crippen molar-refractivity contribution in [1.82, 2.24) is 4.98 Å². The number of oxazole rings is 1. The van der Waals surface area contributed by atoms with Crippen molar-refractivity contribution in [2.45, 2.75) is 27.2 Å². The Morgan fingerprint density at radius 1 is 1.38 bits per heavy atom. The Morgan fingerprint density at radius 2 is 2.15 bits per heavy atom. The maximum absolute atomic E-state index is 5.42. The molecule has 0 aliphatic heterocycles. The van der Waals surface area contributed by atoms with Crippen LogP contribution in [0.15, 0.2) is 16.6 Å². The SMILES string of the molecule is C/C=C\c1nc(C)oc1/C=C\CC. The molecular weight excluding hydrogens is 162 g/mol. The first-order valence-electron chi connectivity index (χ1n) is 4.54. The van der Waals surface area contributed by atoms with Crippen molar-refractivity contribution >= 4 is 12.2 Å². The van der Waals surface area contributed by atoms with Crippen molar-refractivity contribution in [3.8, 4) is 0 Å². The highest BCUT2D eigenvalue weighted by molar-refractivity contribution is 5.57. The molecule has 1 aromatic rings. The Bertz CT molecular complexity index is 321. The molecule has 0 amide bonds. The van der Waals surface area contributed by atoms with E-state index >= 15 is 0 Å². The molecule has 2 heteroatoms. The minimum Gasteiger partial charge on any atom is -0.441 e. The van der Waals surface area contributed by atoms with Crippen molar-refractivity contribution in [2.75, 3.05) is 0 Å². The fourth-order valence-electron chi connectivity index (χ4n) is 1.08. The number of hydrogen-bond donors (Lipinski definition) is 0. The van der Waals surface area contributed by atoms with E-state index in [1.54, 1.807) is 0 Å². The standard InChI is InChI=1S/C11H15NO/c1-4-6-8-11-10(7-5-2)12-9(3)13-11/h5-8H,4H2,1-3H3/b7-5-,8-6-. The average Bonchev–Trinajstić information content (AvgIpc) is 2.44. The lowest BCUT2D eigenvalue weighted by molar-refractivity contribution is 0.512. The second-order valence-corrected chi connectivity index (χ2v) is 2.79. The summed E-state index contributed by atoms with van der Waals surface area (Å²) < 4.78 is 5.42. The highest BCUT2D eigenvalue weighted by atomic mass is 16.4. The van der Waals surface area contributed by atoms with Gasteiger partial charge in [0, 0.05) is 6.92 Å². The zero-order chi connectivity index (χ0) is 9.68. The third-order valence-corrected chi connectivity index (χ3v) is 1.62. The third-order valence-electron chi connectivity index (χ3n) is 1.62. The van der Waals surface area contributed by atoms with Gasteiger partial charge in [0.05, 0.1) is 0 Å². The lowest BCUT2D eigenvalue weighted by Gasteiger charge is -1.86. The lowest BCUT2D eigenvalue weighted by atomic mass is 10.3. The van der Waals surface area contributed by atoms with Gasteiger partial charge in [-0.25, -0.2) is 4.98 Å². The summed E-state index contributed by atoms with van der Waals surface area (Å²) in [6, 6.07) is 0. The zero-order valence-electron chi connectivity index (χ0n) is 8.37. The summed E-state index contributed by atoms with van der Waals surface area (Å²) >= 11 is 0. The van der Waals surface area contributed by atoms with E-state index in [9.17, 15) is 0 Å². The predicted molar refractivity (Wildman–Crippen MR) is 55.3 cm³/mol. The van der Waals surface area contributed by atoms with Crippen LogP contribution in [0.25, 0.3) is 12.2 Å². The van der Waals surface area contributed by atoms with Gasteiger partial charge in [-0.2, -0.15) is 0 Å². The number of aryl methyl sites for hydroxylation is 1. The van der Waals surface area contributed by atoms with Crippen LogP contribution in [0.5, 0.6) is 0 Å². The van der Waals surface area contributed by atoms with E-state index in [1.165, 1.54) is 0 Å². The van der Waals surface area contributed by atoms with Gasteiger partial charge in [-0.1, -0.05) is 19.1 Å². The molecule has 0 aliphatic carbocycles. The Kier molecular flexibility index (Phi) is 3.50. The van der Waals surface area contributed by atoms with Crippen LogP contribution in [0, 0.1) is 6.92 Å². The van der Waals surface area contributed by atoms with Crippen LogP contribution >= 0.6 is 0 Å².